The Morgan fingerprint density at radius 2 is 1.72 bits per heavy atom. The van der Waals surface area contributed by atoms with Crippen LogP contribution in [0.25, 0.3) is 10.9 Å². The van der Waals surface area contributed by atoms with Gasteiger partial charge in [-0.1, -0.05) is 43.7 Å². The standard InChI is InChI=1S/C43H58ClN5O9/c44-38-36(56-17-14-48-12-15-55-16-13-48)11-10-31-37(23-34(25-8-9-25)46-39(31)38)57-30-22-35(40(45)50)49(24-30)41(51)33(47-43(54)58-29-19-27-18-28(27)20-29)7-5-3-1-2-4-6-26-21-32(26)42(52)53/h10-11,23,25-30,32-33,35H,1-9,12-22,24H2,(H2,45,50)(H,47,54)(H,52,53)/t26-,27?,28?,29?,30?,32+,33+,35+/m1/s1. The van der Waals surface area contributed by atoms with E-state index in [0.717, 1.165) is 103 Å². The maximum atomic E-state index is 14.4. The van der Waals surface area contributed by atoms with E-state index in [0.29, 0.717) is 70.5 Å². The third kappa shape index (κ3) is 10.1. The molecule has 14 nitrogen and oxygen atoms in total. The largest absolute Gasteiger partial charge is 0.491 e. The zero-order valence-electron chi connectivity index (χ0n) is 33.3. The van der Waals surface area contributed by atoms with Crippen LogP contribution in [-0.4, -0.2) is 114 Å². The molecule has 58 heavy (non-hydrogen) atoms. The third-order valence-electron chi connectivity index (χ3n) is 13.2. The SMILES string of the molecule is NC(=O)[C@@H]1CC(Oc2cc(C3CC3)nc3c(Cl)c(OCCN4CCOCC4)ccc23)CN1C(=O)[C@H](CCCCCCC[C@@H]1C[C@@H]1C(=O)O)NC(=O)OC1CC2CC2C1. The summed E-state index contributed by atoms with van der Waals surface area (Å²) in [4.78, 5) is 60.3. The number of primary amides is 1. The quantitative estimate of drug-likeness (QED) is 0.140. The van der Waals surface area contributed by atoms with Crippen LogP contribution in [0.4, 0.5) is 4.79 Å². The molecule has 6 fully saturated rings. The highest BCUT2D eigenvalue weighted by Gasteiger charge is 2.48. The number of likely N-dealkylation sites (tertiary alicyclic amines) is 1. The molecule has 0 bridgehead atoms. The minimum Gasteiger partial charge on any atom is -0.491 e. The predicted molar refractivity (Wildman–Crippen MR) is 215 cm³/mol. The molecule has 1 aromatic carbocycles. The highest BCUT2D eigenvalue weighted by molar-refractivity contribution is 6.36. The monoisotopic (exact) mass is 823 g/mol. The Bertz CT molecular complexity index is 1830. The Hall–Kier alpha value is -3.88. The van der Waals surface area contributed by atoms with E-state index >= 15 is 0 Å². The van der Waals surface area contributed by atoms with Crippen LogP contribution >= 0.6 is 11.6 Å². The van der Waals surface area contributed by atoms with Crippen molar-refractivity contribution in [2.75, 3.05) is 46.0 Å². The number of carboxylic acids is 1. The summed E-state index contributed by atoms with van der Waals surface area (Å²) in [5.74, 6) is 1.11. The van der Waals surface area contributed by atoms with Gasteiger partial charge in [-0.15, -0.1) is 0 Å². The number of unbranched alkanes of at least 4 members (excludes halogenated alkanes) is 4. The number of aromatic nitrogens is 1. The van der Waals surface area contributed by atoms with Crippen LogP contribution in [0.3, 0.4) is 0 Å². The molecule has 2 saturated heterocycles. The number of rotatable bonds is 20. The number of nitrogens with zero attached hydrogens (tertiary/aromatic N) is 3. The fraction of sp³-hybridized carbons (Fsp3) is 0.698. The minimum absolute atomic E-state index is 0.114. The van der Waals surface area contributed by atoms with Crippen LogP contribution in [0.1, 0.15) is 102 Å². The molecular formula is C43H58ClN5O9. The average Bonchev–Trinajstić information content (AvgIpc) is 4.16. The number of alkyl carbamates (subject to hydrolysis) is 1. The van der Waals surface area contributed by atoms with E-state index in [1.165, 1.54) is 11.3 Å². The number of benzene rings is 1. The van der Waals surface area contributed by atoms with E-state index in [4.69, 9.17) is 41.3 Å². The lowest BCUT2D eigenvalue weighted by Gasteiger charge is -2.28. The van der Waals surface area contributed by atoms with Gasteiger partial charge in [0.05, 0.1) is 31.2 Å². The topological polar surface area (TPSA) is 183 Å². The highest BCUT2D eigenvalue weighted by Crippen LogP contribution is 2.52. The molecule has 2 aliphatic heterocycles. The minimum atomic E-state index is -0.914. The Labute approximate surface area is 344 Å². The zero-order valence-corrected chi connectivity index (χ0v) is 34.0. The lowest BCUT2D eigenvalue weighted by atomic mass is 10.0. The van der Waals surface area contributed by atoms with Crippen molar-refractivity contribution in [3.63, 3.8) is 0 Å². The van der Waals surface area contributed by atoms with E-state index in [1.807, 2.05) is 18.2 Å². The van der Waals surface area contributed by atoms with Crippen molar-refractivity contribution in [2.45, 2.75) is 120 Å². The van der Waals surface area contributed by atoms with E-state index in [9.17, 15) is 24.3 Å². The predicted octanol–water partition coefficient (Wildman–Crippen LogP) is 5.65. The van der Waals surface area contributed by atoms with Gasteiger partial charge in [-0.25, -0.2) is 4.79 Å². The molecule has 6 aliphatic rings. The fourth-order valence-corrected chi connectivity index (χ4v) is 9.67. The first-order chi connectivity index (χ1) is 28.1. The number of nitrogens with two attached hydrogens (primary N) is 1. The summed E-state index contributed by atoms with van der Waals surface area (Å²) in [5.41, 5.74) is 7.40. The van der Waals surface area contributed by atoms with E-state index in [1.54, 1.807) is 0 Å². The van der Waals surface area contributed by atoms with Gasteiger partial charge >= 0.3 is 12.1 Å². The number of hydrogen-bond acceptors (Lipinski definition) is 10. The molecule has 0 spiro atoms. The number of fused-ring (bicyclic) bond motifs is 2. The van der Waals surface area contributed by atoms with Crippen molar-refractivity contribution in [2.24, 2.45) is 29.4 Å². The number of halogens is 1. The number of carbonyl (C=O) groups is 4. The number of hydrogen-bond donors (Lipinski definition) is 3. The summed E-state index contributed by atoms with van der Waals surface area (Å²) < 4.78 is 24.0. The summed E-state index contributed by atoms with van der Waals surface area (Å²) in [6.07, 6.45) is 10.4. The molecule has 3 unspecified atom stereocenters. The molecule has 1 aromatic heterocycles. The second-order valence-electron chi connectivity index (χ2n) is 17.5. The molecule has 4 aliphatic carbocycles. The molecule has 8 rings (SSSR count). The molecule has 4 N–H and O–H groups in total. The first kappa shape index (κ1) is 40.9. The van der Waals surface area contributed by atoms with Crippen LogP contribution in [0.15, 0.2) is 18.2 Å². The van der Waals surface area contributed by atoms with Gasteiger partial charge in [0.1, 0.15) is 47.4 Å². The molecule has 0 radical (unpaired) electrons. The maximum Gasteiger partial charge on any atom is 0.408 e. The normalized spacial score (nSPS) is 28.2. The molecule has 15 heteroatoms. The van der Waals surface area contributed by atoms with Gasteiger partial charge < -0.3 is 40.0 Å². The van der Waals surface area contributed by atoms with Crippen molar-refractivity contribution in [1.29, 1.82) is 0 Å². The Kier molecular flexibility index (Phi) is 12.8. The Morgan fingerprint density at radius 1 is 0.966 bits per heavy atom. The number of amides is 3. The van der Waals surface area contributed by atoms with Gasteiger partial charge in [0.2, 0.25) is 11.8 Å². The Morgan fingerprint density at radius 3 is 2.45 bits per heavy atom. The fourth-order valence-electron chi connectivity index (χ4n) is 9.41. The van der Waals surface area contributed by atoms with Crippen LogP contribution in [0, 0.1) is 23.7 Å². The summed E-state index contributed by atoms with van der Waals surface area (Å²) >= 11 is 6.97. The second kappa shape index (κ2) is 18.2. The highest BCUT2D eigenvalue weighted by atomic mass is 35.5. The second-order valence-corrected chi connectivity index (χ2v) is 17.9. The lowest BCUT2D eigenvalue weighted by molar-refractivity contribution is -0.139. The van der Waals surface area contributed by atoms with Crippen LogP contribution < -0.4 is 20.5 Å². The summed E-state index contributed by atoms with van der Waals surface area (Å²) in [7, 11) is 0. The van der Waals surface area contributed by atoms with Gasteiger partial charge in [0.25, 0.3) is 0 Å². The number of ether oxygens (including phenoxy) is 4. The third-order valence-corrected chi connectivity index (χ3v) is 13.5. The zero-order chi connectivity index (χ0) is 40.3. The van der Waals surface area contributed by atoms with Crippen LogP contribution in [-0.2, 0) is 23.9 Å². The molecule has 4 saturated carbocycles. The molecule has 7 atom stereocenters. The molecule has 316 valence electrons. The van der Waals surface area contributed by atoms with Crippen molar-refractivity contribution in [1.82, 2.24) is 20.1 Å². The number of pyridine rings is 1. The van der Waals surface area contributed by atoms with Gasteiger partial charge in [-0.3, -0.25) is 24.3 Å². The first-order valence-electron chi connectivity index (χ1n) is 21.6. The number of carbonyl (C=O) groups excluding carboxylic acids is 3. The van der Waals surface area contributed by atoms with Gasteiger partial charge in [0.15, 0.2) is 0 Å². The maximum absolute atomic E-state index is 14.4. The number of morpholine rings is 1. The van der Waals surface area contributed by atoms with E-state index in [2.05, 4.69) is 10.2 Å². The number of nitrogens with one attached hydrogen (secondary N) is 1. The molecule has 3 heterocycles. The van der Waals surface area contributed by atoms with Crippen LogP contribution in [0.5, 0.6) is 11.5 Å². The lowest BCUT2D eigenvalue weighted by Crippen LogP contribution is -2.53. The van der Waals surface area contributed by atoms with E-state index < -0.39 is 36.2 Å². The van der Waals surface area contributed by atoms with Crippen molar-refractivity contribution in [3.8, 4) is 11.5 Å². The molecule has 2 aromatic rings. The smallest absolute Gasteiger partial charge is 0.408 e. The average molecular weight is 824 g/mol. The number of carboxylic acid groups (broad SMARTS) is 1. The molecular weight excluding hydrogens is 766 g/mol. The van der Waals surface area contributed by atoms with Crippen LogP contribution in [0.2, 0.25) is 5.02 Å². The number of aliphatic carboxylic acids is 1. The first-order valence-corrected chi connectivity index (χ1v) is 22.0. The molecule has 3 amide bonds. The summed E-state index contributed by atoms with van der Waals surface area (Å²) in [6.45, 7) is 4.52. The van der Waals surface area contributed by atoms with Crippen molar-refractivity contribution in [3.05, 3.63) is 28.9 Å². The van der Waals surface area contributed by atoms with Gasteiger partial charge in [-0.2, -0.15) is 0 Å². The van der Waals surface area contributed by atoms with Crippen molar-refractivity contribution < 1.29 is 43.2 Å². The summed E-state index contributed by atoms with van der Waals surface area (Å²) in [6, 6.07) is 3.86. The van der Waals surface area contributed by atoms with Gasteiger partial charge in [-0.05, 0) is 81.3 Å². The van der Waals surface area contributed by atoms with Gasteiger partial charge in [0, 0.05) is 49.1 Å². The Balaban J connectivity index is 0.919. The van der Waals surface area contributed by atoms with E-state index in [-0.39, 0.29) is 30.9 Å². The summed E-state index contributed by atoms with van der Waals surface area (Å²) in [5, 5.41) is 13.2. The van der Waals surface area contributed by atoms with Crippen molar-refractivity contribution >= 4 is 46.4 Å².